The fourth-order valence-corrected chi connectivity index (χ4v) is 2.89. The minimum atomic E-state index is -1.12. The number of aromatic nitrogens is 2. The van der Waals surface area contributed by atoms with Crippen LogP contribution in [0.3, 0.4) is 0 Å². The Hall–Kier alpha value is -2.19. The summed E-state index contributed by atoms with van der Waals surface area (Å²) in [6.45, 7) is 3.21. The highest BCUT2D eigenvalue weighted by Crippen LogP contribution is 2.64. The van der Waals surface area contributed by atoms with E-state index in [0.717, 1.165) is 0 Å². The van der Waals surface area contributed by atoms with Crippen LogP contribution in [0.15, 0.2) is 28.7 Å². The maximum Gasteiger partial charge on any atom is 0.315 e. The molecule has 1 heterocycles. The van der Waals surface area contributed by atoms with E-state index in [1.807, 2.05) is 0 Å². The van der Waals surface area contributed by atoms with E-state index >= 15 is 0 Å². The van der Waals surface area contributed by atoms with Gasteiger partial charge < -0.3 is 9.15 Å². The summed E-state index contributed by atoms with van der Waals surface area (Å²) in [5.41, 5.74) is -0.488. The van der Waals surface area contributed by atoms with E-state index in [0.29, 0.717) is 12.0 Å². The van der Waals surface area contributed by atoms with Crippen LogP contribution in [0.2, 0.25) is 0 Å². The highest BCUT2D eigenvalue weighted by molar-refractivity contribution is 6.53. The summed E-state index contributed by atoms with van der Waals surface area (Å²) < 4.78 is 9.67. The molecule has 25 heavy (non-hydrogen) atoms. The average Bonchev–Trinajstić information content (AvgIpc) is 2.92. The molecule has 10 heteroatoms. The number of halogens is 2. The summed E-state index contributed by atoms with van der Waals surface area (Å²) in [4.78, 5) is 22.3. The van der Waals surface area contributed by atoms with Crippen molar-refractivity contribution in [1.29, 1.82) is 0 Å². The second-order valence-electron chi connectivity index (χ2n) is 6.01. The lowest BCUT2D eigenvalue weighted by molar-refractivity contribution is -0.384. The zero-order valence-corrected chi connectivity index (χ0v) is 14.7. The van der Waals surface area contributed by atoms with Crippen molar-refractivity contribution in [3.63, 3.8) is 0 Å². The Morgan fingerprint density at radius 3 is 2.48 bits per heavy atom. The van der Waals surface area contributed by atoms with Gasteiger partial charge in [-0.15, -0.1) is 33.4 Å². The Balaban J connectivity index is 1.70. The molecule has 0 bridgehead atoms. The van der Waals surface area contributed by atoms with Crippen molar-refractivity contribution in [3.8, 4) is 11.5 Å². The third-order valence-electron chi connectivity index (χ3n) is 4.11. The van der Waals surface area contributed by atoms with Gasteiger partial charge in [0.15, 0.2) is 6.10 Å². The number of carbonyl (C=O) groups excluding carboxylic acids is 1. The lowest BCUT2D eigenvalue weighted by atomic mass is 10.1. The monoisotopic (exact) mass is 385 g/mol. The number of ether oxygens (including phenoxy) is 1. The van der Waals surface area contributed by atoms with Crippen LogP contribution in [0.1, 0.15) is 32.3 Å². The van der Waals surface area contributed by atoms with E-state index in [4.69, 9.17) is 32.4 Å². The maximum absolute atomic E-state index is 12.2. The summed E-state index contributed by atoms with van der Waals surface area (Å²) in [7, 11) is 0. The molecule has 1 aliphatic carbocycles. The molecular formula is C15H13Cl2N3O5. The summed E-state index contributed by atoms with van der Waals surface area (Å²) in [5.74, 6) is -0.282. The molecule has 1 aromatic heterocycles. The number of nitro groups is 1. The first-order chi connectivity index (χ1) is 11.6. The van der Waals surface area contributed by atoms with Crippen LogP contribution in [-0.4, -0.2) is 25.4 Å². The van der Waals surface area contributed by atoms with Crippen LogP contribution in [-0.2, 0) is 9.53 Å². The molecule has 2 atom stereocenters. The number of rotatable bonds is 5. The van der Waals surface area contributed by atoms with Gasteiger partial charge in [-0.25, -0.2) is 0 Å². The van der Waals surface area contributed by atoms with Crippen molar-refractivity contribution < 1.29 is 18.9 Å². The third-order valence-corrected chi connectivity index (χ3v) is 5.21. The highest BCUT2D eigenvalue weighted by atomic mass is 35.5. The van der Waals surface area contributed by atoms with Crippen molar-refractivity contribution in [3.05, 3.63) is 40.3 Å². The first kappa shape index (κ1) is 17.6. The van der Waals surface area contributed by atoms with Crippen molar-refractivity contribution in [2.24, 2.45) is 5.41 Å². The molecule has 1 aliphatic rings. The Morgan fingerprint density at radius 2 is 1.96 bits per heavy atom. The quantitative estimate of drug-likeness (QED) is 0.332. The van der Waals surface area contributed by atoms with Crippen molar-refractivity contribution in [2.75, 3.05) is 0 Å². The van der Waals surface area contributed by atoms with Crippen LogP contribution in [0.25, 0.3) is 11.5 Å². The number of alkyl halides is 2. The molecule has 1 saturated carbocycles. The van der Waals surface area contributed by atoms with Crippen molar-refractivity contribution in [1.82, 2.24) is 10.2 Å². The van der Waals surface area contributed by atoms with E-state index in [2.05, 4.69) is 10.2 Å². The Kier molecular flexibility index (Phi) is 4.20. The number of benzene rings is 1. The van der Waals surface area contributed by atoms with Crippen molar-refractivity contribution in [2.45, 2.75) is 30.7 Å². The second-order valence-corrected chi connectivity index (χ2v) is 7.49. The third kappa shape index (κ3) is 3.19. The van der Waals surface area contributed by atoms with E-state index in [1.54, 1.807) is 13.8 Å². The minimum absolute atomic E-state index is 0.0471. The number of carbonyl (C=O) groups is 1. The van der Waals surface area contributed by atoms with Gasteiger partial charge in [0.2, 0.25) is 5.89 Å². The molecule has 0 radical (unpaired) electrons. The minimum Gasteiger partial charge on any atom is -0.452 e. The molecule has 0 spiro atoms. The van der Waals surface area contributed by atoms with Gasteiger partial charge in [-0.2, -0.15) is 0 Å². The van der Waals surface area contributed by atoms with Crippen molar-refractivity contribution >= 4 is 34.9 Å². The Morgan fingerprint density at radius 1 is 1.36 bits per heavy atom. The zero-order chi connectivity index (χ0) is 18.4. The lowest BCUT2D eigenvalue weighted by Gasteiger charge is -2.14. The first-order valence-electron chi connectivity index (χ1n) is 7.31. The van der Waals surface area contributed by atoms with E-state index in [1.165, 1.54) is 24.3 Å². The first-order valence-corrected chi connectivity index (χ1v) is 8.07. The number of nitrogens with zero attached hydrogens (tertiary/aromatic N) is 3. The molecule has 0 saturated heterocycles. The lowest BCUT2D eigenvalue weighted by Crippen LogP contribution is -2.22. The van der Waals surface area contributed by atoms with Gasteiger partial charge in [0.05, 0.1) is 4.92 Å². The highest BCUT2D eigenvalue weighted by Gasteiger charge is 2.69. The Labute approximate surface area is 152 Å². The number of hydrogen-bond acceptors (Lipinski definition) is 7. The summed E-state index contributed by atoms with van der Waals surface area (Å²) in [6, 6.07) is 5.65. The van der Waals surface area contributed by atoms with Crippen LogP contribution in [0, 0.1) is 15.5 Å². The van der Waals surface area contributed by atoms with Gasteiger partial charge >= 0.3 is 5.97 Å². The van der Waals surface area contributed by atoms with Gasteiger partial charge in [-0.3, -0.25) is 14.9 Å². The van der Waals surface area contributed by atoms with Crippen LogP contribution in [0.5, 0.6) is 0 Å². The fraction of sp³-hybridized carbons (Fsp3) is 0.400. The molecule has 1 fully saturated rings. The SMILES string of the molecule is C[C@H](OC(=O)[C@@]1(C)CC1(Cl)Cl)c1nnc(-c2ccc([N+](=O)[O-])cc2)o1. The molecule has 0 N–H and O–H groups in total. The van der Waals surface area contributed by atoms with Gasteiger partial charge in [0.25, 0.3) is 11.6 Å². The standard InChI is InChI=1S/C15H13Cl2N3O5/c1-8(24-13(21)14(2)7-15(14,16)17)11-18-19-12(25-11)9-3-5-10(6-4-9)20(22)23/h3-6,8H,7H2,1-2H3/t8-,14+/m0/s1. The molecule has 8 nitrogen and oxygen atoms in total. The molecule has 0 unspecified atom stereocenters. The van der Waals surface area contributed by atoms with Crippen LogP contribution >= 0.6 is 23.2 Å². The summed E-state index contributed by atoms with van der Waals surface area (Å²) >= 11 is 11.9. The fourth-order valence-electron chi connectivity index (χ4n) is 2.20. The average molecular weight is 386 g/mol. The molecule has 0 amide bonds. The molecule has 3 rings (SSSR count). The van der Waals surface area contributed by atoms with Gasteiger partial charge in [0, 0.05) is 24.1 Å². The van der Waals surface area contributed by atoms with Crippen LogP contribution < -0.4 is 0 Å². The predicted octanol–water partition coefficient (Wildman–Crippen LogP) is 3.83. The van der Waals surface area contributed by atoms with Gasteiger partial charge in [-0.1, -0.05) is 0 Å². The van der Waals surface area contributed by atoms with Gasteiger partial charge in [0.1, 0.15) is 9.75 Å². The number of nitro benzene ring substituents is 1. The van der Waals surface area contributed by atoms with Crippen LogP contribution in [0.4, 0.5) is 5.69 Å². The zero-order valence-electron chi connectivity index (χ0n) is 13.2. The van der Waals surface area contributed by atoms with E-state index in [9.17, 15) is 14.9 Å². The number of non-ortho nitro benzene ring substituents is 1. The maximum atomic E-state index is 12.2. The molecule has 132 valence electrons. The number of esters is 1. The largest absolute Gasteiger partial charge is 0.452 e. The molecular weight excluding hydrogens is 373 g/mol. The smallest absolute Gasteiger partial charge is 0.315 e. The van der Waals surface area contributed by atoms with E-state index in [-0.39, 0.29) is 17.5 Å². The normalized spacial score (nSPS) is 22.2. The molecule has 2 aromatic rings. The topological polar surface area (TPSA) is 108 Å². The van der Waals surface area contributed by atoms with E-state index < -0.39 is 26.7 Å². The predicted molar refractivity (Wildman–Crippen MR) is 88.1 cm³/mol. The molecule has 1 aromatic carbocycles. The summed E-state index contributed by atoms with van der Waals surface area (Å²) in [6.07, 6.45) is -0.472. The molecule has 0 aliphatic heterocycles. The summed E-state index contributed by atoms with van der Waals surface area (Å²) in [5, 5.41) is 18.4. The van der Waals surface area contributed by atoms with Gasteiger partial charge in [-0.05, 0) is 26.0 Å². The number of hydrogen-bond donors (Lipinski definition) is 0. The Bertz CT molecular complexity index is 836. The second kappa shape index (κ2) is 5.96.